The van der Waals surface area contributed by atoms with Crippen molar-refractivity contribution >= 4 is 17.4 Å². The molecule has 0 radical (unpaired) electrons. The minimum absolute atomic E-state index is 0.00116. The van der Waals surface area contributed by atoms with Crippen LogP contribution in [0.2, 0.25) is 0 Å². The molecule has 0 aromatic carbocycles. The molecule has 1 aliphatic rings. The Hall–Kier alpha value is -2.70. The molecule has 0 unspecified atom stereocenters. The fraction of sp³-hybridized carbons (Fsp3) is 0.500. The van der Waals surface area contributed by atoms with Gasteiger partial charge in [0.15, 0.2) is 0 Å². The summed E-state index contributed by atoms with van der Waals surface area (Å²) in [5.41, 5.74) is 2.34. The number of aromatic nitrogens is 3. The van der Waals surface area contributed by atoms with E-state index in [0.29, 0.717) is 17.6 Å². The number of carbonyl (C=O) groups is 1. The maximum atomic E-state index is 12.8. The lowest BCUT2D eigenvalue weighted by atomic mass is 10.1. The second kappa shape index (κ2) is 8.33. The van der Waals surface area contributed by atoms with Crippen molar-refractivity contribution in [1.29, 1.82) is 0 Å². The van der Waals surface area contributed by atoms with Crippen LogP contribution in [0.4, 0.5) is 11.5 Å². The molecule has 1 saturated heterocycles. The van der Waals surface area contributed by atoms with Gasteiger partial charge < -0.3 is 15.1 Å². The third-order valence-electron chi connectivity index (χ3n) is 4.78. The summed E-state index contributed by atoms with van der Waals surface area (Å²) in [5, 5.41) is 3.56. The maximum absolute atomic E-state index is 12.8. The van der Waals surface area contributed by atoms with Gasteiger partial charge in [-0.1, -0.05) is 0 Å². The highest BCUT2D eigenvalue weighted by molar-refractivity contribution is 5.92. The number of carbonyl (C=O) groups excluding carboxylic acids is 1. The lowest BCUT2D eigenvalue weighted by molar-refractivity contribution is 0.0755. The minimum Gasteiger partial charge on any atom is -0.381 e. The zero-order chi connectivity index (χ0) is 19.4. The first-order valence-corrected chi connectivity index (χ1v) is 9.44. The predicted octanol–water partition coefficient (Wildman–Crippen LogP) is 2.66. The number of aryl methyl sites for hydroxylation is 2. The quantitative estimate of drug-likeness (QED) is 0.894. The molecule has 7 nitrogen and oxygen atoms in total. The third-order valence-corrected chi connectivity index (χ3v) is 4.78. The van der Waals surface area contributed by atoms with Gasteiger partial charge >= 0.3 is 0 Å². The van der Waals surface area contributed by atoms with Crippen LogP contribution in [0.15, 0.2) is 24.4 Å². The van der Waals surface area contributed by atoms with Gasteiger partial charge in [-0.3, -0.25) is 4.79 Å². The predicted molar refractivity (Wildman–Crippen MR) is 107 cm³/mol. The van der Waals surface area contributed by atoms with Crippen molar-refractivity contribution in [2.45, 2.75) is 39.2 Å². The zero-order valence-corrected chi connectivity index (χ0v) is 16.6. The van der Waals surface area contributed by atoms with Gasteiger partial charge in [-0.25, -0.2) is 15.0 Å². The molecule has 1 atom stereocenters. The van der Waals surface area contributed by atoms with E-state index in [1.54, 1.807) is 6.07 Å². The van der Waals surface area contributed by atoms with Crippen molar-refractivity contribution in [3.8, 4) is 0 Å². The molecule has 1 amide bonds. The van der Waals surface area contributed by atoms with Gasteiger partial charge in [0, 0.05) is 38.9 Å². The molecule has 0 spiro atoms. The molecule has 0 saturated carbocycles. The molecule has 0 aliphatic carbocycles. The summed E-state index contributed by atoms with van der Waals surface area (Å²) in [4.78, 5) is 29.7. The summed E-state index contributed by atoms with van der Waals surface area (Å²) in [6.45, 7) is 5.20. The molecule has 1 fully saturated rings. The van der Waals surface area contributed by atoms with E-state index >= 15 is 0 Å². The van der Waals surface area contributed by atoms with Crippen LogP contribution in [-0.4, -0.2) is 59.0 Å². The highest BCUT2D eigenvalue weighted by Gasteiger charge is 2.23. The van der Waals surface area contributed by atoms with E-state index in [2.05, 4.69) is 26.3 Å². The van der Waals surface area contributed by atoms with Gasteiger partial charge in [-0.2, -0.15) is 0 Å². The molecule has 1 N–H and O–H groups in total. The Morgan fingerprint density at radius 2 is 2.00 bits per heavy atom. The average molecular weight is 368 g/mol. The number of hydrogen-bond donors (Lipinski definition) is 1. The molecule has 144 valence electrons. The molecular formula is C20H28N6O. The monoisotopic (exact) mass is 368 g/mol. The first kappa shape index (κ1) is 19.1. The highest BCUT2D eigenvalue weighted by atomic mass is 16.2. The fourth-order valence-corrected chi connectivity index (χ4v) is 3.40. The van der Waals surface area contributed by atoms with Crippen LogP contribution in [0.25, 0.3) is 0 Å². The second-order valence-electron chi connectivity index (χ2n) is 7.31. The Balaban J connectivity index is 1.60. The van der Waals surface area contributed by atoms with Crippen LogP contribution < -0.4 is 10.2 Å². The Morgan fingerprint density at radius 1 is 1.19 bits per heavy atom. The van der Waals surface area contributed by atoms with Crippen LogP contribution in [0.3, 0.4) is 0 Å². The SMILES string of the molecule is Cc1cc(C(=O)N2CCC[C@H](Nc3ccc(N(C)C)nc3)CC2)nc(C)n1. The summed E-state index contributed by atoms with van der Waals surface area (Å²) < 4.78 is 0. The van der Waals surface area contributed by atoms with Crippen molar-refractivity contribution in [3.63, 3.8) is 0 Å². The number of pyridine rings is 1. The standard InChI is InChI=1S/C20H28N6O/c1-14-12-18(23-15(2)22-14)20(27)26-10-5-6-16(9-11-26)24-17-7-8-19(21-13-17)25(3)4/h7-8,12-13,16,24H,5-6,9-11H2,1-4H3/t16-/m0/s1. The van der Waals surface area contributed by atoms with E-state index in [1.807, 2.05) is 50.0 Å². The van der Waals surface area contributed by atoms with Crippen LogP contribution in [0.5, 0.6) is 0 Å². The number of amides is 1. The molecule has 0 bridgehead atoms. The number of hydrogen-bond acceptors (Lipinski definition) is 6. The topological polar surface area (TPSA) is 74.2 Å². The zero-order valence-electron chi connectivity index (χ0n) is 16.6. The Morgan fingerprint density at radius 3 is 2.67 bits per heavy atom. The van der Waals surface area contributed by atoms with Gasteiger partial charge in [0.1, 0.15) is 17.3 Å². The normalized spacial score (nSPS) is 17.3. The Bertz CT molecular complexity index is 769. The maximum Gasteiger partial charge on any atom is 0.272 e. The molecule has 7 heteroatoms. The lowest BCUT2D eigenvalue weighted by Gasteiger charge is -2.21. The minimum atomic E-state index is 0.00116. The van der Waals surface area contributed by atoms with Crippen molar-refractivity contribution in [1.82, 2.24) is 19.9 Å². The van der Waals surface area contributed by atoms with E-state index < -0.39 is 0 Å². The number of rotatable bonds is 4. The van der Waals surface area contributed by atoms with E-state index in [1.165, 1.54) is 0 Å². The highest BCUT2D eigenvalue weighted by Crippen LogP contribution is 2.19. The van der Waals surface area contributed by atoms with Crippen molar-refractivity contribution in [2.24, 2.45) is 0 Å². The first-order valence-electron chi connectivity index (χ1n) is 9.44. The molecule has 27 heavy (non-hydrogen) atoms. The number of nitrogens with one attached hydrogen (secondary N) is 1. The summed E-state index contributed by atoms with van der Waals surface area (Å²) in [6.07, 6.45) is 4.77. The van der Waals surface area contributed by atoms with Crippen LogP contribution in [0.1, 0.15) is 41.3 Å². The number of anilines is 2. The second-order valence-corrected chi connectivity index (χ2v) is 7.31. The van der Waals surface area contributed by atoms with Crippen LogP contribution >= 0.6 is 0 Å². The molecular weight excluding hydrogens is 340 g/mol. The number of likely N-dealkylation sites (tertiary alicyclic amines) is 1. The van der Waals surface area contributed by atoms with E-state index in [9.17, 15) is 4.79 Å². The van der Waals surface area contributed by atoms with E-state index in [0.717, 1.165) is 49.6 Å². The summed E-state index contributed by atoms with van der Waals surface area (Å²) in [7, 11) is 3.96. The molecule has 1 aliphatic heterocycles. The molecule has 3 rings (SSSR count). The summed E-state index contributed by atoms with van der Waals surface area (Å²) in [6, 6.07) is 6.18. The van der Waals surface area contributed by atoms with Gasteiger partial charge in [-0.15, -0.1) is 0 Å². The first-order chi connectivity index (χ1) is 12.9. The van der Waals surface area contributed by atoms with E-state index in [4.69, 9.17) is 0 Å². The fourth-order valence-electron chi connectivity index (χ4n) is 3.40. The van der Waals surface area contributed by atoms with Crippen molar-refractivity contribution in [2.75, 3.05) is 37.4 Å². The van der Waals surface area contributed by atoms with Gasteiger partial charge in [0.25, 0.3) is 5.91 Å². The van der Waals surface area contributed by atoms with Gasteiger partial charge in [-0.05, 0) is 51.3 Å². The Kier molecular flexibility index (Phi) is 5.88. The smallest absolute Gasteiger partial charge is 0.272 e. The Labute approximate surface area is 160 Å². The third kappa shape index (κ3) is 4.93. The van der Waals surface area contributed by atoms with Gasteiger partial charge in [0.05, 0.1) is 11.9 Å². The van der Waals surface area contributed by atoms with Crippen LogP contribution in [-0.2, 0) is 0 Å². The van der Waals surface area contributed by atoms with Crippen LogP contribution in [0, 0.1) is 13.8 Å². The van der Waals surface area contributed by atoms with Crippen molar-refractivity contribution in [3.05, 3.63) is 41.6 Å². The molecule has 2 aromatic heterocycles. The number of nitrogens with zero attached hydrogens (tertiary/aromatic N) is 5. The average Bonchev–Trinajstić information content (AvgIpc) is 2.86. The largest absolute Gasteiger partial charge is 0.381 e. The summed E-state index contributed by atoms with van der Waals surface area (Å²) in [5.74, 6) is 1.58. The summed E-state index contributed by atoms with van der Waals surface area (Å²) >= 11 is 0. The van der Waals surface area contributed by atoms with E-state index in [-0.39, 0.29) is 5.91 Å². The van der Waals surface area contributed by atoms with Gasteiger partial charge in [0.2, 0.25) is 0 Å². The molecule has 3 heterocycles. The molecule has 2 aromatic rings. The van der Waals surface area contributed by atoms with Crippen molar-refractivity contribution < 1.29 is 4.79 Å². The lowest BCUT2D eigenvalue weighted by Crippen LogP contribution is -2.33.